The van der Waals surface area contributed by atoms with Gasteiger partial charge in [0.25, 0.3) is 0 Å². The van der Waals surface area contributed by atoms with Gasteiger partial charge in [-0.15, -0.1) is 0 Å². The minimum atomic E-state index is -1.19. The van der Waals surface area contributed by atoms with Crippen LogP contribution in [-0.4, -0.2) is 35.6 Å². The normalized spacial score (nSPS) is 11.4. The Bertz CT molecular complexity index is 721. The first-order valence-electron chi connectivity index (χ1n) is 8.71. The van der Waals surface area contributed by atoms with Gasteiger partial charge in [-0.05, 0) is 0 Å². The van der Waals surface area contributed by atoms with Gasteiger partial charge in [0, 0.05) is 0 Å². The zero-order valence-corrected chi connectivity index (χ0v) is 18.6. The van der Waals surface area contributed by atoms with Crippen molar-refractivity contribution in [2.75, 3.05) is 6.61 Å². The van der Waals surface area contributed by atoms with E-state index in [9.17, 15) is 4.79 Å². The van der Waals surface area contributed by atoms with Crippen LogP contribution in [0.25, 0.3) is 0 Å². The van der Waals surface area contributed by atoms with Crippen LogP contribution >= 0.6 is 0 Å². The molecular weight excluding hydrogens is 391 g/mol. The molecule has 25 heavy (non-hydrogen) atoms. The van der Waals surface area contributed by atoms with Crippen molar-refractivity contribution in [2.24, 2.45) is 0 Å². The SMILES string of the molecule is Cc1cc(C)c(C(=O)OCC[Si](C)(C)C)c(C[Se]c2ccccc2)c1. The van der Waals surface area contributed by atoms with Crippen LogP contribution in [0.3, 0.4) is 0 Å². The molecule has 0 saturated heterocycles. The van der Waals surface area contributed by atoms with Crippen molar-refractivity contribution >= 4 is 33.5 Å². The second-order valence-corrected chi connectivity index (χ2v) is 15.5. The number of esters is 1. The van der Waals surface area contributed by atoms with E-state index in [1.165, 1.54) is 10.0 Å². The number of carbonyl (C=O) groups is 1. The molecule has 2 aromatic carbocycles. The van der Waals surface area contributed by atoms with E-state index in [-0.39, 0.29) is 5.97 Å². The van der Waals surface area contributed by atoms with Crippen molar-refractivity contribution < 1.29 is 9.53 Å². The van der Waals surface area contributed by atoms with Gasteiger partial charge in [0.2, 0.25) is 0 Å². The van der Waals surface area contributed by atoms with Gasteiger partial charge in [0.05, 0.1) is 0 Å². The Morgan fingerprint density at radius 1 is 1.08 bits per heavy atom. The average molecular weight is 419 g/mol. The van der Waals surface area contributed by atoms with Gasteiger partial charge in [0.15, 0.2) is 0 Å². The van der Waals surface area contributed by atoms with Crippen LogP contribution < -0.4 is 4.46 Å². The summed E-state index contributed by atoms with van der Waals surface area (Å²) in [7, 11) is -1.19. The summed E-state index contributed by atoms with van der Waals surface area (Å²) >= 11 is 0.314. The third-order valence-electron chi connectivity index (χ3n) is 3.99. The molecule has 0 saturated carbocycles. The Labute approximate surface area is 159 Å². The average Bonchev–Trinajstić information content (AvgIpc) is 2.52. The standard InChI is InChI=1S/C21H28O2SeSi/c1-16-13-17(2)20(21(22)23-11-12-25(3,4)5)18(14-16)15-24-19-9-7-6-8-10-19/h6-10,13-14H,11-12,15H2,1-5H3. The van der Waals surface area contributed by atoms with Crippen molar-refractivity contribution in [1.29, 1.82) is 0 Å². The van der Waals surface area contributed by atoms with Crippen LogP contribution in [0.15, 0.2) is 42.5 Å². The predicted octanol–water partition coefficient (Wildman–Crippen LogP) is 4.33. The van der Waals surface area contributed by atoms with E-state index < -0.39 is 8.07 Å². The molecule has 0 N–H and O–H groups in total. The molecule has 0 amide bonds. The Balaban J connectivity index is 2.14. The van der Waals surface area contributed by atoms with E-state index in [1.807, 2.05) is 13.0 Å². The predicted molar refractivity (Wildman–Crippen MR) is 110 cm³/mol. The van der Waals surface area contributed by atoms with Crippen LogP contribution in [0.5, 0.6) is 0 Å². The van der Waals surface area contributed by atoms with E-state index in [2.05, 4.69) is 63.0 Å². The number of benzene rings is 2. The van der Waals surface area contributed by atoms with E-state index in [0.717, 1.165) is 28.1 Å². The first-order valence-corrected chi connectivity index (χ1v) is 14.5. The molecule has 2 aromatic rings. The monoisotopic (exact) mass is 420 g/mol. The molecule has 0 heterocycles. The summed E-state index contributed by atoms with van der Waals surface area (Å²) in [6, 6.07) is 15.7. The van der Waals surface area contributed by atoms with Crippen LogP contribution in [0, 0.1) is 13.8 Å². The fourth-order valence-electron chi connectivity index (χ4n) is 2.66. The molecule has 2 rings (SSSR count). The summed E-state index contributed by atoms with van der Waals surface area (Å²) in [6.45, 7) is 11.5. The van der Waals surface area contributed by atoms with Gasteiger partial charge in [-0.3, -0.25) is 0 Å². The van der Waals surface area contributed by atoms with Crippen molar-refractivity contribution in [3.8, 4) is 0 Å². The second kappa shape index (κ2) is 8.84. The van der Waals surface area contributed by atoms with Crippen molar-refractivity contribution in [3.05, 3.63) is 64.7 Å². The van der Waals surface area contributed by atoms with Gasteiger partial charge < -0.3 is 0 Å². The Morgan fingerprint density at radius 3 is 2.40 bits per heavy atom. The topological polar surface area (TPSA) is 26.3 Å². The van der Waals surface area contributed by atoms with E-state index in [4.69, 9.17) is 4.74 Å². The first-order chi connectivity index (χ1) is 11.8. The fraction of sp³-hybridized carbons (Fsp3) is 0.381. The van der Waals surface area contributed by atoms with Gasteiger partial charge >= 0.3 is 159 Å². The summed E-state index contributed by atoms with van der Waals surface area (Å²) in [4.78, 5) is 12.7. The molecule has 0 bridgehead atoms. The number of hydrogen-bond acceptors (Lipinski definition) is 2. The van der Waals surface area contributed by atoms with Crippen LogP contribution in [0.4, 0.5) is 0 Å². The zero-order chi connectivity index (χ0) is 18.4. The van der Waals surface area contributed by atoms with Crippen LogP contribution in [0.2, 0.25) is 25.7 Å². The Kier molecular flexibility index (Phi) is 7.06. The first kappa shape index (κ1) is 20.0. The zero-order valence-electron chi connectivity index (χ0n) is 15.9. The van der Waals surface area contributed by atoms with Gasteiger partial charge in [-0.25, -0.2) is 0 Å². The van der Waals surface area contributed by atoms with Crippen LogP contribution in [0.1, 0.15) is 27.0 Å². The number of hydrogen-bond donors (Lipinski definition) is 0. The Hall–Kier alpha value is -1.35. The molecular formula is C21H28O2SeSi. The molecule has 0 spiro atoms. The summed E-state index contributed by atoms with van der Waals surface area (Å²) in [5, 5.41) is 0.915. The van der Waals surface area contributed by atoms with Crippen molar-refractivity contribution in [2.45, 2.75) is 44.9 Å². The van der Waals surface area contributed by atoms with Crippen LogP contribution in [-0.2, 0) is 10.1 Å². The van der Waals surface area contributed by atoms with Crippen molar-refractivity contribution in [1.82, 2.24) is 0 Å². The molecule has 0 fully saturated rings. The maximum absolute atomic E-state index is 12.7. The quantitative estimate of drug-likeness (QED) is 0.493. The van der Waals surface area contributed by atoms with Gasteiger partial charge in [-0.1, -0.05) is 0 Å². The maximum atomic E-state index is 12.7. The third-order valence-corrected chi connectivity index (χ3v) is 7.92. The summed E-state index contributed by atoms with van der Waals surface area (Å²) in [5.74, 6) is -0.158. The number of rotatable bonds is 7. The summed E-state index contributed by atoms with van der Waals surface area (Å²) in [5.41, 5.74) is 4.13. The molecule has 2 nitrogen and oxygen atoms in total. The number of carbonyl (C=O) groups excluding carboxylic acids is 1. The molecule has 0 aliphatic heterocycles. The molecule has 134 valence electrons. The molecule has 0 unspecified atom stereocenters. The minimum absolute atomic E-state index is 0.158. The van der Waals surface area contributed by atoms with Gasteiger partial charge in [-0.2, -0.15) is 0 Å². The third kappa shape index (κ3) is 6.46. The molecule has 0 aliphatic carbocycles. The molecule has 0 aromatic heterocycles. The number of aryl methyl sites for hydroxylation is 2. The summed E-state index contributed by atoms with van der Waals surface area (Å²) in [6.07, 6.45) is 0. The Morgan fingerprint density at radius 2 is 1.76 bits per heavy atom. The van der Waals surface area contributed by atoms with E-state index >= 15 is 0 Å². The van der Waals surface area contributed by atoms with Crippen molar-refractivity contribution in [3.63, 3.8) is 0 Å². The fourth-order valence-corrected chi connectivity index (χ4v) is 5.26. The van der Waals surface area contributed by atoms with E-state index in [0.29, 0.717) is 21.6 Å². The molecule has 0 atom stereocenters. The summed E-state index contributed by atoms with van der Waals surface area (Å²) < 4.78 is 6.97. The van der Waals surface area contributed by atoms with Gasteiger partial charge in [0.1, 0.15) is 0 Å². The van der Waals surface area contributed by atoms with E-state index in [1.54, 1.807) is 0 Å². The molecule has 0 radical (unpaired) electrons. The molecule has 0 aliphatic rings. The second-order valence-electron chi connectivity index (χ2n) is 7.66. The number of ether oxygens (including phenoxy) is 1. The molecule has 4 heteroatoms.